The summed E-state index contributed by atoms with van der Waals surface area (Å²) in [6.45, 7) is 2.70. The molecule has 106 valence electrons. The first kappa shape index (κ1) is 14.5. The second-order valence-electron chi connectivity index (χ2n) is 3.97. The number of nitrogens with zero attached hydrogens (tertiary/aromatic N) is 4. The maximum Gasteiger partial charge on any atom is 0.175 e. The van der Waals surface area contributed by atoms with Crippen LogP contribution in [0.2, 0.25) is 0 Å². The van der Waals surface area contributed by atoms with Crippen molar-refractivity contribution in [1.29, 1.82) is 0 Å². The molecule has 0 unspecified atom stereocenters. The first-order chi connectivity index (χ1) is 9.74. The average molecular weight is 339 g/mol. The van der Waals surface area contributed by atoms with Crippen LogP contribution in [0, 0.1) is 0 Å². The lowest BCUT2D eigenvalue weighted by molar-refractivity contribution is 0.292. The number of methoxy groups -OCH3 is 1. The summed E-state index contributed by atoms with van der Waals surface area (Å²) in [5.74, 6) is 1.37. The van der Waals surface area contributed by atoms with Gasteiger partial charge >= 0.3 is 0 Å². The third-order valence-electron chi connectivity index (χ3n) is 2.45. The minimum Gasteiger partial charge on any atom is -0.493 e. The van der Waals surface area contributed by atoms with Crippen LogP contribution in [0.25, 0.3) is 0 Å². The normalized spacial score (nSPS) is 10.9. The molecule has 0 bridgehead atoms. The Morgan fingerprint density at radius 1 is 1.35 bits per heavy atom. The first-order valence-corrected chi connectivity index (χ1v) is 6.93. The Labute approximate surface area is 125 Å². The number of hydrogen-bond acceptors (Lipinski definition) is 5. The summed E-state index contributed by atoms with van der Waals surface area (Å²) >= 11 is 3.49. The highest BCUT2D eigenvalue weighted by Crippen LogP contribution is 2.36. The first-order valence-electron chi connectivity index (χ1n) is 6.14. The van der Waals surface area contributed by atoms with E-state index >= 15 is 0 Å². The molecular weight excluding hydrogens is 324 g/mol. The zero-order valence-corrected chi connectivity index (χ0v) is 12.9. The second kappa shape index (κ2) is 7.04. The number of rotatable bonds is 6. The van der Waals surface area contributed by atoms with Gasteiger partial charge in [-0.25, -0.2) is 4.68 Å². The predicted octanol–water partition coefficient (Wildman–Crippen LogP) is 2.72. The highest BCUT2D eigenvalue weighted by atomic mass is 79.9. The summed E-state index contributed by atoms with van der Waals surface area (Å²) in [6.07, 6.45) is 5.66. The van der Waals surface area contributed by atoms with Crippen LogP contribution in [0.3, 0.4) is 0 Å². The molecule has 0 aliphatic carbocycles. The SMILES string of the molecule is CCCOc1c(Br)cc(/C=N\n2cnnc2)cc1OC. The topological polar surface area (TPSA) is 61.5 Å². The standard InChI is InChI=1S/C13H15BrN4O2/c1-3-4-20-13-11(14)5-10(6-12(13)19-2)7-17-18-8-15-16-9-18/h5-9H,3-4H2,1-2H3/b17-7-. The lowest BCUT2D eigenvalue weighted by atomic mass is 10.2. The number of aromatic nitrogens is 3. The van der Waals surface area contributed by atoms with Crippen LogP contribution in [0.5, 0.6) is 11.5 Å². The van der Waals surface area contributed by atoms with Crippen LogP contribution in [0.15, 0.2) is 34.4 Å². The zero-order chi connectivity index (χ0) is 14.4. The molecule has 7 heteroatoms. The molecule has 0 amide bonds. The van der Waals surface area contributed by atoms with Gasteiger partial charge in [0, 0.05) is 0 Å². The molecule has 20 heavy (non-hydrogen) atoms. The van der Waals surface area contributed by atoms with Gasteiger partial charge in [-0.3, -0.25) is 0 Å². The highest BCUT2D eigenvalue weighted by Gasteiger charge is 2.10. The third-order valence-corrected chi connectivity index (χ3v) is 3.04. The van der Waals surface area contributed by atoms with Crippen molar-refractivity contribution in [2.24, 2.45) is 5.10 Å². The molecule has 2 rings (SSSR count). The fraction of sp³-hybridized carbons (Fsp3) is 0.308. The van der Waals surface area contributed by atoms with E-state index in [0.29, 0.717) is 18.1 Å². The van der Waals surface area contributed by atoms with Crippen LogP contribution in [-0.4, -0.2) is 34.8 Å². The molecule has 0 aliphatic heterocycles. The van der Waals surface area contributed by atoms with E-state index in [4.69, 9.17) is 9.47 Å². The van der Waals surface area contributed by atoms with Crippen molar-refractivity contribution < 1.29 is 9.47 Å². The number of ether oxygens (including phenoxy) is 2. The van der Waals surface area contributed by atoms with E-state index in [-0.39, 0.29) is 0 Å². The molecular formula is C13H15BrN4O2. The summed E-state index contributed by atoms with van der Waals surface area (Å²) < 4.78 is 13.4. The highest BCUT2D eigenvalue weighted by molar-refractivity contribution is 9.10. The Morgan fingerprint density at radius 2 is 2.10 bits per heavy atom. The molecule has 1 aromatic heterocycles. The van der Waals surface area contributed by atoms with E-state index < -0.39 is 0 Å². The summed E-state index contributed by atoms with van der Waals surface area (Å²) in [7, 11) is 1.61. The van der Waals surface area contributed by atoms with Gasteiger partial charge in [0.2, 0.25) is 0 Å². The minimum absolute atomic E-state index is 0.642. The lowest BCUT2D eigenvalue weighted by Gasteiger charge is -2.12. The van der Waals surface area contributed by atoms with E-state index in [1.807, 2.05) is 12.1 Å². The molecule has 2 aromatic rings. The number of hydrogen-bond donors (Lipinski definition) is 0. The summed E-state index contributed by atoms with van der Waals surface area (Å²) in [4.78, 5) is 0. The molecule has 1 heterocycles. The minimum atomic E-state index is 0.642. The molecule has 0 atom stereocenters. The Morgan fingerprint density at radius 3 is 2.75 bits per heavy atom. The van der Waals surface area contributed by atoms with Gasteiger partial charge < -0.3 is 9.47 Å². The molecule has 6 nitrogen and oxygen atoms in total. The maximum atomic E-state index is 5.67. The maximum absolute atomic E-state index is 5.67. The van der Waals surface area contributed by atoms with Gasteiger partial charge in [0.15, 0.2) is 11.5 Å². The van der Waals surface area contributed by atoms with Crippen LogP contribution in [0.4, 0.5) is 0 Å². The summed E-state index contributed by atoms with van der Waals surface area (Å²) in [6, 6.07) is 3.78. The van der Waals surface area contributed by atoms with Gasteiger partial charge in [-0.2, -0.15) is 5.10 Å². The van der Waals surface area contributed by atoms with Gasteiger partial charge in [-0.1, -0.05) is 6.92 Å². The van der Waals surface area contributed by atoms with Gasteiger partial charge in [0.1, 0.15) is 12.7 Å². The Kier molecular flexibility index (Phi) is 5.11. The van der Waals surface area contributed by atoms with Crippen LogP contribution in [-0.2, 0) is 0 Å². The van der Waals surface area contributed by atoms with Crippen LogP contribution >= 0.6 is 15.9 Å². The van der Waals surface area contributed by atoms with Gasteiger partial charge in [-0.05, 0) is 40.0 Å². The number of benzene rings is 1. The largest absolute Gasteiger partial charge is 0.493 e. The number of halogens is 1. The summed E-state index contributed by atoms with van der Waals surface area (Å²) in [5.41, 5.74) is 0.881. The van der Waals surface area contributed by atoms with Crippen molar-refractivity contribution in [2.45, 2.75) is 13.3 Å². The van der Waals surface area contributed by atoms with Gasteiger partial charge in [0.05, 0.1) is 24.4 Å². The van der Waals surface area contributed by atoms with E-state index in [1.165, 1.54) is 17.3 Å². The molecule has 0 spiro atoms. The van der Waals surface area contributed by atoms with Gasteiger partial charge in [0.25, 0.3) is 0 Å². The Hall–Kier alpha value is -1.89. The van der Waals surface area contributed by atoms with Crippen molar-refractivity contribution in [2.75, 3.05) is 13.7 Å². The van der Waals surface area contributed by atoms with Crippen LogP contribution < -0.4 is 9.47 Å². The molecule has 0 N–H and O–H groups in total. The predicted molar refractivity (Wildman–Crippen MR) is 79.5 cm³/mol. The molecule has 0 saturated heterocycles. The third kappa shape index (κ3) is 3.57. The average Bonchev–Trinajstić information content (AvgIpc) is 2.96. The van der Waals surface area contributed by atoms with E-state index in [0.717, 1.165) is 16.5 Å². The van der Waals surface area contributed by atoms with Crippen molar-refractivity contribution in [3.63, 3.8) is 0 Å². The second-order valence-corrected chi connectivity index (χ2v) is 4.82. The van der Waals surface area contributed by atoms with Gasteiger partial charge in [-0.15, -0.1) is 10.2 Å². The zero-order valence-electron chi connectivity index (χ0n) is 11.3. The molecule has 0 saturated carbocycles. The Balaban J connectivity index is 2.25. The van der Waals surface area contributed by atoms with E-state index in [9.17, 15) is 0 Å². The molecule has 1 aromatic carbocycles. The lowest BCUT2D eigenvalue weighted by Crippen LogP contribution is -2.00. The van der Waals surface area contributed by atoms with Crippen molar-refractivity contribution >= 4 is 22.1 Å². The summed E-state index contributed by atoms with van der Waals surface area (Å²) in [5, 5.41) is 11.6. The van der Waals surface area contributed by atoms with Crippen LogP contribution in [0.1, 0.15) is 18.9 Å². The Bertz CT molecular complexity index is 584. The fourth-order valence-corrected chi connectivity index (χ4v) is 2.12. The molecule has 0 radical (unpaired) electrons. The van der Waals surface area contributed by atoms with Crippen molar-refractivity contribution in [3.05, 3.63) is 34.8 Å². The smallest absolute Gasteiger partial charge is 0.175 e. The van der Waals surface area contributed by atoms with E-state index in [2.05, 4.69) is 38.2 Å². The molecule has 0 fully saturated rings. The fourth-order valence-electron chi connectivity index (χ4n) is 1.55. The molecule has 0 aliphatic rings. The quantitative estimate of drug-likeness (QED) is 0.759. The van der Waals surface area contributed by atoms with Crippen molar-refractivity contribution in [3.8, 4) is 11.5 Å². The van der Waals surface area contributed by atoms with E-state index in [1.54, 1.807) is 13.3 Å². The monoisotopic (exact) mass is 338 g/mol. The van der Waals surface area contributed by atoms with Crippen molar-refractivity contribution in [1.82, 2.24) is 14.9 Å².